The van der Waals surface area contributed by atoms with Gasteiger partial charge in [-0.05, 0) is 38.0 Å². The van der Waals surface area contributed by atoms with Crippen LogP contribution in [0.5, 0.6) is 0 Å². The molecule has 0 spiro atoms. The molecule has 6 nitrogen and oxygen atoms in total. The van der Waals surface area contributed by atoms with E-state index < -0.39 is 11.9 Å². The van der Waals surface area contributed by atoms with Crippen molar-refractivity contribution < 1.29 is 9.18 Å². The predicted molar refractivity (Wildman–Crippen MR) is 118 cm³/mol. The minimum atomic E-state index is -0.718. The SMILES string of the molecule is C[C@H]1SCc2ncnc(N3CCN(C(=O)[C@H](N)Cc4ccc(Cl)c(F)c4)C[C@@H]3C)c21. The first kappa shape index (κ1) is 21.3. The quantitative estimate of drug-likeness (QED) is 0.772. The molecule has 1 saturated heterocycles. The van der Waals surface area contributed by atoms with E-state index in [1.807, 2.05) is 11.8 Å². The van der Waals surface area contributed by atoms with E-state index in [9.17, 15) is 9.18 Å². The number of aromatic nitrogens is 2. The molecule has 160 valence electrons. The second-order valence-corrected chi connectivity index (χ2v) is 9.63. The van der Waals surface area contributed by atoms with Crippen molar-refractivity contribution in [3.8, 4) is 0 Å². The lowest BCUT2D eigenvalue weighted by Crippen LogP contribution is -2.57. The van der Waals surface area contributed by atoms with Crippen molar-refractivity contribution >= 4 is 35.1 Å². The summed E-state index contributed by atoms with van der Waals surface area (Å²) in [6, 6.07) is 3.92. The molecule has 0 aliphatic carbocycles. The van der Waals surface area contributed by atoms with Crippen LogP contribution >= 0.6 is 23.4 Å². The fraction of sp³-hybridized carbons (Fsp3) is 0.476. The molecule has 2 aliphatic rings. The standard InChI is InChI=1S/C21H25ClFN5OS/c1-12-9-27(21(29)17(24)8-14-3-4-15(22)16(23)7-14)5-6-28(12)20-19-13(2)30-10-18(19)25-11-26-20/h3-4,7,11-13,17H,5-6,8-10,24H2,1-2H3/t12-,13+,17+/m0/s1. The van der Waals surface area contributed by atoms with Gasteiger partial charge in [0.15, 0.2) is 0 Å². The van der Waals surface area contributed by atoms with E-state index in [0.717, 1.165) is 17.3 Å². The van der Waals surface area contributed by atoms with Gasteiger partial charge < -0.3 is 15.5 Å². The summed E-state index contributed by atoms with van der Waals surface area (Å²) < 4.78 is 13.7. The Morgan fingerprint density at radius 3 is 2.90 bits per heavy atom. The highest BCUT2D eigenvalue weighted by atomic mass is 35.5. The van der Waals surface area contributed by atoms with Gasteiger partial charge in [-0.1, -0.05) is 17.7 Å². The molecule has 3 heterocycles. The van der Waals surface area contributed by atoms with Crippen molar-refractivity contribution in [2.45, 2.75) is 43.4 Å². The van der Waals surface area contributed by atoms with Crippen molar-refractivity contribution in [1.82, 2.24) is 14.9 Å². The summed E-state index contributed by atoms with van der Waals surface area (Å²) in [7, 11) is 0. The average Bonchev–Trinajstić information content (AvgIpc) is 3.11. The van der Waals surface area contributed by atoms with Gasteiger partial charge in [0, 0.05) is 42.2 Å². The molecule has 0 unspecified atom stereocenters. The van der Waals surface area contributed by atoms with Gasteiger partial charge in [0.05, 0.1) is 16.8 Å². The number of piperazine rings is 1. The maximum absolute atomic E-state index is 13.7. The molecule has 0 radical (unpaired) electrons. The Morgan fingerprint density at radius 1 is 1.37 bits per heavy atom. The second-order valence-electron chi connectivity index (χ2n) is 7.90. The molecule has 0 bridgehead atoms. The molecule has 0 saturated carbocycles. The van der Waals surface area contributed by atoms with Crippen molar-refractivity contribution in [3.63, 3.8) is 0 Å². The van der Waals surface area contributed by atoms with E-state index in [0.29, 0.717) is 30.4 Å². The fourth-order valence-corrected chi connectivity index (χ4v) is 5.35. The zero-order valence-corrected chi connectivity index (χ0v) is 18.6. The Morgan fingerprint density at radius 2 is 2.17 bits per heavy atom. The third-order valence-corrected chi connectivity index (χ3v) is 7.27. The number of nitrogens with zero attached hydrogens (tertiary/aromatic N) is 4. The number of halogens is 2. The normalized spacial score (nSPS) is 22.2. The van der Waals surface area contributed by atoms with Crippen LogP contribution in [-0.2, 0) is 17.0 Å². The zero-order valence-electron chi connectivity index (χ0n) is 17.0. The van der Waals surface area contributed by atoms with Crippen molar-refractivity contribution in [3.05, 3.63) is 52.2 Å². The van der Waals surface area contributed by atoms with E-state index in [1.54, 1.807) is 17.3 Å². The van der Waals surface area contributed by atoms with Gasteiger partial charge in [-0.25, -0.2) is 14.4 Å². The summed E-state index contributed by atoms with van der Waals surface area (Å²) in [5.41, 5.74) is 9.16. The largest absolute Gasteiger partial charge is 0.350 e. The molecule has 1 fully saturated rings. The topological polar surface area (TPSA) is 75.4 Å². The minimum Gasteiger partial charge on any atom is -0.350 e. The molecule has 2 aliphatic heterocycles. The van der Waals surface area contributed by atoms with Crippen LogP contribution in [0.2, 0.25) is 5.02 Å². The Bertz CT molecular complexity index is 961. The van der Waals surface area contributed by atoms with E-state index >= 15 is 0 Å². The van der Waals surface area contributed by atoms with Gasteiger partial charge in [0.25, 0.3) is 0 Å². The molecule has 30 heavy (non-hydrogen) atoms. The number of hydrogen-bond acceptors (Lipinski definition) is 6. The Balaban J connectivity index is 1.42. The molecule has 1 amide bonds. The maximum atomic E-state index is 13.7. The third-order valence-electron chi connectivity index (χ3n) is 5.79. The smallest absolute Gasteiger partial charge is 0.239 e. The third kappa shape index (κ3) is 4.13. The summed E-state index contributed by atoms with van der Waals surface area (Å²) in [5.74, 6) is 1.28. The number of anilines is 1. The van der Waals surface area contributed by atoms with E-state index in [-0.39, 0.29) is 23.4 Å². The van der Waals surface area contributed by atoms with Gasteiger partial charge >= 0.3 is 0 Å². The molecular formula is C21H25ClFN5OS. The minimum absolute atomic E-state index is 0.0625. The number of rotatable bonds is 4. The first-order valence-corrected chi connectivity index (χ1v) is 11.5. The fourth-order valence-electron chi connectivity index (χ4n) is 4.18. The second kappa shape index (κ2) is 8.69. The highest BCUT2D eigenvalue weighted by Gasteiger charge is 2.34. The average molecular weight is 450 g/mol. The van der Waals surface area contributed by atoms with E-state index in [4.69, 9.17) is 17.3 Å². The summed E-state index contributed by atoms with van der Waals surface area (Å²) in [5, 5.41) is 0.434. The van der Waals surface area contributed by atoms with E-state index in [2.05, 4.69) is 28.7 Å². The van der Waals surface area contributed by atoms with Gasteiger partial charge in [0.2, 0.25) is 5.91 Å². The molecule has 1 aromatic carbocycles. The van der Waals surface area contributed by atoms with Crippen molar-refractivity contribution in [1.29, 1.82) is 0 Å². The Hall–Kier alpha value is -1.90. The lowest BCUT2D eigenvalue weighted by Gasteiger charge is -2.42. The van der Waals surface area contributed by atoms with E-state index in [1.165, 1.54) is 17.7 Å². The summed E-state index contributed by atoms with van der Waals surface area (Å²) in [6.45, 7) is 6.12. The number of amides is 1. The zero-order chi connectivity index (χ0) is 21.4. The molecule has 2 aromatic rings. The van der Waals surface area contributed by atoms with Crippen molar-refractivity contribution in [2.24, 2.45) is 5.73 Å². The van der Waals surface area contributed by atoms with Crippen LogP contribution in [0.3, 0.4) is 0 Å². The van der Waals surface area contributed by atoms with Gasteiger partial charge in [0.1, 0.15) is 18.0 Å². The van der Waals surface area contributed by atoms with Crippen LogP contribution in [0.1, 0.15) is 35.9 Å². The predicted octanol–water partition coefficient (Wildman–Crippen LogP) is 3.18. The van der Waals surface area contributed by atoms with Gasteiger partial charge in [-0.15, -0.1) is 11.8 Å². The first-order valence-electron chi connectivity index (χ1n) is 10.1. The molecule has 4 rings (SSSR count). The van der Waals surface area contributed by atoms with Crippen LogP contribution in [0.25, 0.3) is 0 Å². The summed E-state index contributed by atoms with van der Waals surface area (Å²) in [4.78, 5) is 26.0. The summed E-state index contributed by atoms with van der Waals surface area (Å²) >= 11 is 7.60. The molecule has 1 aromatic heterocycles. The maximum Gasteiger partial charge on any atom is 0.239 e. The lowest BCUT2D eigenvalue weighted by atomic mass is 10.0. The molecular weight excluding hydrogens is 425 g/mol. The van der Waals surface area contributed by atoms with Crippen LogP contribution in [-0.4, -0.2) is 52.5 Å². The highest BCUT2D eigenvalue weighted by molar-refractivity contribution is 7.99. The number of carbonyl (C=O) groups is 1. The Labute approximate surface area is 185 Å². The molecule has 9 heteroatoms. The number of carbonyl (C=O) groups excluding carboxylic acids is 1. The molecule has 3 atom stereocenters. The van der Waals surface area contributed by atoms with Crippen LogP contribution in [0.15, 0.2) is 24.5 Å². The number of fused-ring (bicyclic) bond motifs is 1. The number of thioether (sulfide) groups is 1. The van der Waals surface area contributed by atoms with Crippen LogP contribution in [0, 0.1) is 5.82 Å². The number of benzene rings is 1. The van der Waals surface area contributed by atoms with Crippen LogP contribution in [0.4, 0.5) is 10.2 Å². The van der Waals surface area contributed by atoms with Crippen LogP contribution < -0.4 is 10.6 Å². The van der Waals surface area contributed by atoms with Crippen molar-refractivity contribution in [2.75, 3.05) is 24.5 Å². The number of hydrogen-bond donors (Lipinski definition) is 1. The van der Waals surface area contributed by atoms with Gasteiger partial charge in [-0.2, -0.15) is 0 Å². The molecule has 2 N–H and O–H groups in total. The first-order chi connectivity index (χ1) is 14.3. The number of nitrogens with two attached hydrogens (primary N) is 1. The lowest BCUT2D eigenvalue weighted by molar-refractivity contribution is -0.133. The highest BCUT2D eigenvalue weighted by Crippen LogP contribution is 2.44. The van der Waals surface area contributed by atoms with Gasteiger partial charge in [-0.3, -0.25) is 4.79 Å². The summed E-state index contributed by atoms with van der Waals surface area (Å²) in [6.07, 6.45) is 1.91. The monoisotopic (exact) mass is 449 g/mol. The Kier molecular flexibility index (Phi) is 6.18.